The second-order valence-electron chi connectivity index (χ2n) is 8.02. The van der Waals surface area contributed by atoms with Crippen molar-refractivity contribution >= 4 is 15.9 Å². The van der Waals surface area contributed by atoms with Crippen LogP contribution in [0, 0.1) is 19.8 Å². The molecule has 0 aliphatic carbocycles. The summed E-state index contributed by atoms with van der Waals surface area (Å²) in [7, 11) is -3.78. The third-order valence-corrected chi connectivity index (χ3v) is 7.66. The number of aryl methyl sites for hydroxylation is 2. The molecule has 168 valence electrons. The first-order valence-corrected chi connectivity index (χ1v) is 12.0. The van der Waals surface area contributed by atoms with Gasteiger partial charge in [0, 0.05) is 32.1 Å². The number of sulfonamides is 1. The molecule has 1 aromatic heterocycles. The second kappa shape index (κ2) is 9.22. The molecule has 0 bridgehead atoms. The second-order valence-corrected chi connectivity index (χ2v) is 9.93. The summed E-state index contributed by atoms with van der Waals surface area (Å²) in [6.45, 7) is 4.41. The molecule has 3 aromatic rings. The van der Waals surface area contributed by atoms with E-state index in [9.17, 15) is 13.2 Å². The fourth-order valence-corrected chi connectivity index (χ4v) is 5.65. The van der Waals surface area contributed by atoms with Crippen LogP contribution in [0.3, 0.4) is 0 Å². The third-order valence-electron chi connectivity index (χ3n) is 5.66. The van der Waals surface area contributed by atoms with Crippen molar-refractivity contribution < 1.29 is 17.7 Å². The molecule has 1 saturated heterocycles. The monoisotopic (exact) mass is 454 g/mol. The molecule has 0 spiro atoms. The predicted molar refractivity (Wildman–Crippen MR) is 119 cm³/mol. The van der Waals surface area contributed by atoms with E-state index in [1.54, 1.807) is 32.0 Å². The lowest BCUT2D eigenvalue weighted by Crippen LogP contribution is -2.45. The standard InChI is InChI=1S/C23H26N4O4S/c1-16-10-11-19(22-25-17(2)31-26-22)13-21(16)32(29,30)27-12-6-9-20(15-27)23(28)24-14-18-7-4-3-5-8-18/h3-5,7-8,10-11,13,20H,6,9,12,14-15H2,1-2H3,(H,24,28). The van der Waals surface area contributed by atoms with Gasteiger partial charge in [-0.1, -0.05) is 47.6 Å². The van der Waals surface area contributed by atoms with Gasteiger partial charge in [-0.05, 0) is 37.0 Å². The van der Waals surface area contributed by atoms with E-state index >= 15 is 0 Å². The van der Waals surface area contributed by atoms with Crippen molar-refractivity contribution in [1.29, 1.82) is 0 Å². The van der Waals surface area contributed by atoms with Crippen molar-refractivity contribution in [1.82, 2.24) is 19.8 Å². The van der Waals surface area contributed by atoms with E-state index in [4.69, 9.17) is 4.52 Å². The van der Waals surface area contributed by atoms with Crippen molar-refractivity contribution in [3.8, 4) is 11.4 Å². The molecule has 4 rings (SSSR count). The Labute approximate surface area is 187 Å². The molecule has 2 aromatic carbocycles. The first-order valence-electron chi connectivity index (χ1n) is 10.6. The number of hydrogen-bond donors (Lipinski definition) is 1. The molecule has 1 aliphatic heterocycles. The van der Waals surface area contributed by atoms with E-state index in [1.807, 2.05) is 30.3 Å². The zero-order valence-electron chi connectivity index (χ0n) is 18.1. The molecule has 1 atom stereocenters. The lowest BCUT2D eigenvalue weighted by Gasteiger charge is -2.31. The molecule has 1 amide bonds. The number of benzene rings is 2. The minimum atomic E-state index is -3.78. The van der Waals surface area contributed by atoms with Gasteiger partial charge in [0.05, 0.1) is 10.8 Å². The minimum absolute atomic E-state index is 0.124. The third kappa shape index (κ3) is 4.73. The van der Waals surface area contributed by atoms with Crippen LogP contribution in [0.1, 0.15) is 29.9 Å². The molecule has 1 unspecified atom stereocenters. The SMILES string of the molecule is Cc1nc(-c2ccc(C)c(S(=O)(=O)N3CCCC(C(=O)NCc4ccccc4)C3)c2)no1. The van der Waals surface area contributed by atoms with Gasteiger partial charge in [0.1, 0.15) is 0 Å². The summed E-state index contributed by atoms with van der Waals surface area (Å²) >= 11 is 0. The Balaban J connectivity index is 1.50. The van der Waals surface area contributed by atoms with Crippen molar-refractivity contribution in [2.75, 3.05) is 13.1 Å². The molecular weight excluding hydrogens is 428 g/mol. The van der Waals surface area contributed by atoms with E-state index in [-0.39, 0.29) is 23.3 Å². The Morgan fingerprint density at radius 3 is 2.69 bits per heavy atom. The quantitative estimate of drug-likeness (QED) is 0.614. The Morgan fingerprint density at radius 1 is 1.19 bits per heavy atom. The number of amides is 1. The number of nitrogens with one attached hydrogen (secondary N) is 1. The maximum Gasteiger partial charge on any atom is 0.243 e. The van der Waals surface area contributed by atoms with Crippen LogP contribution in [0.4, 0.5) is 0 Å². The van der Waals surface area contributed by atoms with Crippen molar-refractivity contribution in [2.24, 2.45) is 5.92 Å². The van der Waals surface area contributed by atoms with Crippen molar-refractivity contribution in [2.45, 2.75) is 38.1 Å². The zero-order chi connectivity index (χ0) is 22.7. The number of carbonyl (C=O) groups excluding carboxylic acids is 1. The van der Waals surface area contributed by atoms with Crippen LogP contribution in [-0.4, -0.2) is 41.9 Å². The Bertz CT molecular complexity index is 1210. The molecule has 8 nitrogen and oxygen atoms in total. The molecule has 32 heavy (non-hydrogen) atoms. The van der Waals surface area contributed by atoms with Crippen LogP contribution in [0.25, 0.3) is 11.4 Å². The highest BCUT2D eigenvalue weighted by Gasteiger charge is 2.34. The van der Waals surface area contributed by atoms with E-state index in [1.165, 1.54) is 4.31 Å². The van der Waals surface area contributed by atoms with Crippen LogP contribution in [0.15, 0.2) is 57.9 Å². The molecule has 1 aliphatic rings. The van der Waals surface area contributed by atoms with Gasteiger partial charge in [0.2, 0.25) is 27.6 Å². The lowest BCUT2D eigenvalue weighted by molar-refractivity contribution is -0.126. The van der Waals surface area contributed by atoms with Crippen molar-refractivity contribution in [3.05, 3.63) is 65.5 Å². The van der Waals surface area contributed by atoms with Gasteiger partial charge in [-0.25, -0.2) is 8.42 Å². The summed E-state index contributed by atoms with van der Waals surface area (Å²) in [5.74, 6) is 0.244. The fourth-order valence-electron chi connectivity index (χ4n) is 3.88. The largest absolute Gasteiger partial charge is 0.352 e. The van der Waals surface area contributed by atoms with E-state index in [0.29, 0.717) is 48.8 Å². The summed E-state index contributed by atoms with van der Waals surface area (Å²) in [5, 5.41) is 6.82. The van der Waals surface area contributed by atoms with Gasteiger partial charge >= 0.3 is 0 Å². The summed E-state index contributed by atoms with van der Waals surface area (Å²) in [6.07, 6.45) is 1.29. The van der Waals surface area contributed by atoms with Crippen LogP contribution in [-0.2, 0) is 21.4 Å². The van der Waals surface area contributed by atoms with E-state index in [2.05, 4.69) is 15.5 Å². The Morgan fingerprint density at radius 2 is 1.97 bits per heavy atom. The van der Waals surface area contributed by atoms with Gasteiger partial charge in [0.15, 0.2) is 0 Å². The molecule has 9 heteroatoms. The highest BCUT2D eigenvalue weighted by atomic mass is 32.2. The van der Waals surface area contributed by atoms with Gasteiger partial charge in [-0.3, -0.25) is 4.79 Å². The average Bonchev–Trinajstić information content (AvgIpc) is 3.24. The first kappa shape index (κ1) is 22.2. The summed E-state index contributed by atoms with van der Waals surface area (Å²) < 4.78 is 33.4. The molecule has 2 heterocycles. The maximum atomic E-state index is 13.5. The molecule has 0 radical (unpaired) electrons. The summed E-state index contributed by atoms with van der Waals surface area (Å²) in [6, 6.07) is 14.7. The van der Waals surface area contributed by atoms with Crippen molar-refractivity contribution in [3.63, 3.8) is 0 Å². The Kier molecular flexibility index (Phi) is 6.38. The van der Waals surface area contributed by atoms with E-state index < -0.39 is 10.0 Å². The zero-order valence-corrected chi connectivity index (χ0v) is 18.9. The number of nitrogens with zero attached hydrogens (tertiary/aromatic N) is 3. The minimum Gasteiger partial charge on any atom is -0.352 e. The first-order chi connectivity index (χ1) is 15.3. The number of hydrogen-bond acceptors (Lipinski definition) is 6. The molecule has 1 fully saturated rings. The van der Waals surface area contributed by atoms with Crippen LogP contribution in [0.2, 0.25) is 0 Å². The molecule has 1 N–H and O–H groups in total. The number of rotatable bonds is 6. The smallest absolute Gasteiger partial charge is 0.243 e. The van der Waals surface area contributed by atoms with Gasteiger partial charge in [-0.15, -0.1) is 0 Å². The van der Waals surface area contributed by atoms with Gasteiger partial charge in [0.25, 0.3) is 0 Å². The maximum absolute atomic E-state index is 13.5. The summed E-state index contributed by atoms with van der Waals surface area (Å²) in [4.78, 5) is 17.1. The number of aromatic nitrogens is 2. The summed E-state index contributed by atoms with van der Waals surface area (Å²) in [5.41, 5.74) is 2.20. The highest BCUT2D eigenvalue weighted by Crippen LogP contribution is 2.29. The highest BCUT2D eigenvalue weighted by molar-refractivity contribution is 7.89. The Hall–Kier alpha value is -3.04. The van der Waals surface area contributed by atoms with Gasteiger partial charge < -0.3 is 9.84 Å². The average molecular weight is 455 g/mol. The van der Waals surface area contributed by atoms with Crippen LogP contribution in [0.5, 0.6) is 0 Å². The number of piperidine rings is 1. The number of carbonyl (C=O) groups is 1. The van der Waals surface area contributed by atoms with Gasteiger partial charge in [-0.2, -0.15) is 9.29 Å². The normalized spacial score (nSPS) is 17.2. The lowest BCUT2D eigenvalue weighted by atomic mass is 9.99. The van der Waals surface area contributed by atoms with Crippen LogP contribution >= 0.6 is 0 Å². The molecular formula is C23H26N4O4S. The predicted octanol–water partition coefficient (Wildman–Crippen LogP) is 3.07. The fraction of sp³-hybridized carbons (Fsp3) is 0.348. The van der Waals surface area contributed by atoms with E-state index in [0.717, 1.165) is 5.56 Å². The topological polar surface area (TPSA) is 105 Å². The van der Waals surface area contributed by atoms with Crippen LogP contribution < -0.4 is 5.32 Å². The molecule has 0 saturated carbocycles.